The predicted molar refractivity (Wildman–Crippen MR) is 41.3 cm³/mol. The van der Waals surface area contributed by atoms with Crippen LogP contribution in [0.4, 0.5) is 0 Å². The van der Waals surface area contributed by atoms with Gasteiger partial charge < -0.3 is 5.73 Å². The van der Waals surface area contributed by atoms with Gasteiger partial charge >= 0.3 is 0 Å². The first-order valence-corrected chi connectivity index (χ1v) is 4.32. The van der Waals surface area contributed by atoms with Crippen molar-refractivity contribution in [3.8, 4) is 0 Å². The van der Waals surface area contributed by atoms with Crippen LogP contribution in [0.15, 0.2) is 13.2 Å². The van der Waals surface area contributed by atoms with Crippen molar-refractivity contribution >= 4 is 10.1 Å². The molecule has 3 N–H and O–H groups in total. The Morgan fingerprint density at radius 2 is 1.80 bits per heavy atom. The molecule has 0 aliphatic heterocycles. The first-order chi connectivity index (χ1) is 4.56. The van der Waals surface area contributed by atoms with Crippen molar-refractivity contribution in [3.05, 3.63) is 13.2 Å². The normalized spacial score (nSPS) is 9.80. The summed E-state index contributed by atoms with van der Waals surface area (Å²) < 4.78 is 27.8. The molecule has 10 heavy (non-hydrogen) atoms. The van der Waals surface area contributed by atoms with Crippen LogP contribution in [-0.2, 0) is 10.1 Å². The van der Waals surface area contributed by atoms with Gasteiger partial charge in [0.2, 0.25) is 0 Å². The van der Waals surface area contributed by atoms with E-state index in [2.05, 4.69) is 13.2 Å². The van der Waals surface area contributed by atoms with Gasteiger partial charge in [-0.25, -0.2) is 0 Å². The smallest absolute Gasteiger partial charge is 0.264 e. The van der Waals surface area contributed by atoms with Gasteiger partial charge in [-0.2, -0.15) is 8.42 Å². The Labute approximate surface area is 61.5 Å². The number of nitrogens with two attached hydrogens (primary N) is 1. The lowest BCUT2D eigenvalue weighted by Crippen LogP contribution is -2.09. The van der Waals surface area contributed by atoms with Gasteiger partial charge in [0.25, 0.3) is 10.1 Å². The third kappa shape index (κ3) is 15.6. The maximum Gasteiger partial charge on any atom is 0.264 e. The van der Waals surface area contributed by atoms with Crippen LogP contribution in [0.2, 0.25) is 0 Å². The minimum absolute atomic E-state index is 0.233. The fourth-order valence-electron chi connectivity index (χ4n) is 0.266. The maximum atomic E-state index is 9.89. The Hall–Kier alpha value is -0.390. The highest BCUT2D eigenvalue weighted by Crippen LogP contribution is 1.83. The summed E-state index contributed by atoms with van der Waals surface area (Å²) in [6.45, 7) is 6.29. The van der Waals surface area contributed by atoms with E-state index in [0.717, 1.165) is 0 Å². The molecule has 0 bridgehead atoms. The number of rotatable bonds is 3. The van der Waals surface area contributed by atoms with Crippen LogP contribution in [0.5, 0.6) is 0 Å². The van der Waals surface area contributed by atoms with Gasteiger partial charge in [0.15, 0.2) is 0 Å². The van der Waals surface area contributed by atoms with E-state index in [1.165, 1.54) is 0 Å². The third-order valence-corrected chi connectivity index (χ3v) is 1.41. The molecule has 0 aromatic rings. The largest absolute Gasteiger partial charge is 0.330 e. The lowest BCUT2D eigenvalue weighted by atomic mass is 10.5. The number of hydrogen-bond acceptors (Lipinski definition) is 3. The van der Waals surface area contributed by atoms with Crippen molar-refractivity contribution in [2.24, 2.45) is 5.73 Å². The van der Waals surface area contributed by atoms with Crippen LogP contribution in [0.1, 0.15) is 6.42 Å². The van der Waals surface area contributed by atoms with E-state index in [-0.39, 0.29) is 5.75 Å². The fraction of sp³-hybridized carbons (Fsp3) is 0.600. The molecule has 0 saturated carbocycles. The molecule has 0 unspecified atom stereocenters. The molecular formula is C5H13NO3S. The lowest BCUT2D eigenvalue weighted by Gasteiger charge is -1.90. The minimum Gasteiger partial charge on any atom is -0.330 e. The van der Waals surface area contributed by atoms with Crippen LogP contribution in [-0.4, -0.2) is 25.3 Å². The van der Waals surface area contributed by atoms with E-state index in [4.69, 9.17) is 10.3 Å². The summed E-state index contributed by atoms with van der Waals surface area (Å²) in [4.78, 5) is 0. The molecule has 0 spiro atoms. The van der Waals surface area contributed by atoms with E-state index in [1.54, 1.807) is 0 Å². The van der Waals surface area contributed by atoms with Gasteiger partial charge in [-0.05, 0) is 13.0 Å². The minimum atomic E-state index is -3.77. The summed E-state index contributed by atoms with van der Waals surface area (Å²) in [5, 5.41) is 0. The van der Waals surface area contributed by atoms with E-state index >= 15 is 0 Å². The van der Waals surface area contributed by atoms with Crippen LogP contribution in [0.3, 0.4) is 0 Å². The molecule has 0 amide bonds. The molecule has 0 saturated heterocycles. The lowest BCUT2D eigenvalue weighted by molar-refractivity contribution is 0.481. The summed E-state index contributed by atoms with van der Waals surface area (Å²) in [6.07, 6.45) is 0.318. The first-order valence-electron chi connectivity index (χ1n) is 2.71. The zero-order valence-corrected chi connectivity index (χ0v) is 6.60. The van der Waals surface area contributed by atoms with Crippen LogP contribution in [0.25, 0.3) is 0 Å². The summed E-state index contributed by atoms with van der Waals surface area (Å²) >= 11 is 0. The Balaban J connectivity index is 0. The van der Waals surface area contributed by atoms with Crippen LogP contribution < -0.4 is 5.73 Å². The monoisotopic (exact) mass is 167 g/mol. The van der Waals surface area contributed by atoms with Crippen molar-refractivity contribution in [1.82, 2.24) is 0 Å². The standard InChI is InChI=1S/C3H9NO3S.C2H4/c4-2-1-3-8(5,6)7;1-2/h1-4H2,(H,5,6,7);1-2H2. The Morgan fingerprint density at radius 3 is 1.90 bits per heavy atom. The Kier molecular flexibility index (Phi) is 8.27. The van der Waals surface area contributed by atoms with Crippen LogP contribution in [0, 0.1) is 0 Å². The van der Waals surface area contributed by atoms with E-state index in [1.807, 2.05) is 0 Å². The molecule has 0 aromatic heterocycles. The van der Waals surface area contributed by atoms with E-state index < -0.39 is 10.1 Å². The highest BCUT2D eigenvalue weighted by Gasteiger charge is 2.00. The molecule has 0 aromatic carbocycles. The second-order valence-electron chi connectivity index (χ2n) is 1.43. The van der Waals surface area contributed by atoms with Gasteiger partial charge in [-0.15, -0.1) is 13.2 Å². The quantitative estimate of drug-likeness (QED) is 0.459. The SMILES string of the molecule is C=C.NCCCS(=O)(=O)O. The highest BCUT2D eigenvalue weighted by atomic mass is 32.2. The Morgan fingerprint density at radius 1 is 1.40 bits per heavy atom. The van der Waals surface area contributed by atoms with Crippen molar-refractivity contribution in [1.29, 1.82) is 0 Å². The predicted octanol–water partition coefficient (Wildman–Crippen LogP) is 0.0252. The topological polar surface area (TPSA) is 80.4 Å². The maximum absolute atomic E-state index is 9.89. The van der Waals surface area contributed by atoms with Crippen LogP contribution >= 0.6 is 0 Å². The molecule has 0 heterocycles. The number of hydrogen-bond donors (Lipinski definition) is 2. The van der Waals surface area contributed by atoms with Crippen molar-refractivity contribution in [2.75, 3.05) is 12.3 Å². The van der Waals surface area contributed by atoms with Gasteiger partial charge in [-0.1, -0.05) is 0 Å². The van der Waals surface area contributed by atoms with Crippen molar-refractivity contribution < 1.29 is 13.0 Å². The van der Waals surface area contributed by atoms with Gasteiger partial charge in [0.1, 0.15) is 0 Å². The molecule has 0 radical (unpaired) electrons. The zero-order valence-electron chi connectivity index (χ0n) is 5.78. The second kappa shape index (κ2) is 6.73. The molecule has 0 aliphatic carbocycles. The first kappa shape index (κ1) is 12.3. The van der Waals surface area contributed by atoms with Gasteiger partial charge in [0.05, 0.1) is 5.75 Å². The second-order valence-corrected chi connectivity index (χ2v) is 3.00. The van der Waals surface area contributed by atoms with E-state index in [0.29, 0.717) is 13.0 Å². The molecule has 0 fully saturated rings. The molecule has 0 aliphatic rings. The summed E-state index contributed by atoms with van der Waals surface area (Å²) in [6, 6.07) is 0. The Bertz CT molecular complexity index is 152. The molecular weight excluding hydrogens is 154 g/mol. The summed E-state index contributed by atoms with van der Waals surface area (Å²) in [5.74, 6) is -0.233. The molecule has 5 heteroatoms. The third-order valence-electron chi connectivity index (χ3n) is 0.606. The summed E-state index contributed by atoms with van der Waals surface area (Å²) in [5.41, 5.74) is 4.96. The highest BCUT2D eigenvalue weighted by molar-refractivity contribution is 7.85. The molecule has 0 rings (SSSR count). The molecule has 62 valence electrons. The average Bonchev–Trinajstić information content (AvgIpc) is 1.87. The average molecular weight is 167 g/mol. The van der Waals surface area contributed by atoms with Crippen molar-refractivity contribution in [2.45, 2.75) is 6.42 Å². The van der Waals surface area contributed by atoms with E-state index in [9.17, 15) is 8.42 Å². The van der Waals surface area contributed by atoms with Gasteiger partial charge in [0, 0.05) is 0 Å². The molecule has 4 nitrogen and oxygen atoms in total. The van der Waals surface area contributed by atoms with Gasteiger partial charge in [-0.3, -0.25) is 4.55 Å². The van der Waals surface area contributed by atoms with Crippen molar-refractivity contribution in [3.63, 3.8) is 0 Å². The zero-order chi connectivity index (χ0) is 8.62. The molecule has 0 atom stereocenters. The summed E-state index contributed by atoms with van der Waals surface area (Å²) in [7, 11) is -3.77. The fourth-order valence-corrected chi connectivity index (χ4v) is 0.797.